The van der Waals surface area contributed by atoms with E-state index in [2.05, 4.69) is 5.10 Å². The molecule has 2 heterocycles. The van der Waals surface area contributed by atoms with Crippen molar-refractivity contribution >= 4 is 17.6 Å². The van der Waals surface area contributed by atoms with Gasteiger partial charge >= 0.3 is 0 Å². The van der Waals surface area contributed by atoms with Crippen LogP contribution in [0.2, 0.25) is 0 Å². The molecule has 0 atom stereocenters. The first-order valence-electron chi connectivity index (χ1n) is 7.60. The van der Waals surface area contributed by atoms with Crippen LogP contribution in [0.4, 0.5) is 5.82 Å². The number of imide groups is 1. The van der Waals surface area contributed by atoms with Gasteiger partial charge in [0.1, 0.15) is 5.82 Å². The quantitative estimate of drug-likeness (QED) is 0.839. The molecule has 2 aliphatic rings. The Morgan fingerprint density at radius 1 is 1.19 bits per heavy atom. The van der Waals surface area contributed by atoms with Crippen LogP contribution in [0.1, 0.15) is 50.5 Å². The molecule has 2 N–H and O–H groups in total. The molecule has 3 rings (SSSR count). The average molecular weight is 290 g/mol. The van der Waals surface area contributed by atoms with Crippen molar-refractivity contribution in [3.8, 4) is 0 Å². The number of hydrogen-bond acceptors (Lipinski definition) is 4. The van der Waals surface area contributed by atoms with Crippen molar-refractivity contribution in [2.75, 3.05) is 5.73 Å². The van der Waals surface area contributed by atoms with Gasteiger partial charge in [0.15, 0.2) is 0 Å². The first kappa shape index (κ1) is 14.1. The number of nitrogens with zero attached hydrogens (tertiary/aromatic N) is 3. The minimum absolute atomic E-state index is 0.0589. The largest absolute Gasteiger partial charge is 0.384 e. The third-order valence-electron chi connectivity index (χ3n) is 4.96. The second-order valence-electron chi connectivity index (χ2n) is 6.47. The number of aryl methyl sites for hydroxylation is 1. The lowest BCUT2D eigenvalue weighted by molar-refractivity contribution is -0.155. The minimum atomic E-state index is -0.0661. The number of hydrogen-bond donors (Lipinski definition) is 1. The Bertz CT molecular complexity index is 552. The average Bonchev–Trinajstić information content (AvgIpc) is 2.75. The van der Waals surface area contributed by atoms with Crippen LogP contribution in [-0.2, 0) is 23.2 Å². The van der Waals surface area contributed by atoms with E-state index in [4.69, 9.17) is 5.73 Å². The van der Waals surface area contributed by atoms with Gasteiger partial charge in [-0.2, -0.15) is 5.10 Å². The molecule has 2 amide bonds. The van der Waals surface area contributed by atoms with E-state index in [1.807, 2.05) is 0 Å². The van der Waals surface area contributed by atoms with E-state index in [1.54, 1.807) is 17.9 Å². The maximum Gasteiger partial charge on any atom is 0.230 e. The fraction of sp³-hybridized carbons (Fsp3) is 0.667. The van der Waals surface area contributed by atoms with Gasteiger partial charge in [-0.25, -0.2) is 0 Å². The van der Waals surface area contributed by atoms with Gasteiger partial charge in [0.25, 0.3) is 0 Å². The molecule has 21 heavy (non-hydrogen) atoms. The predicted octanol–water partition coefficient (Wildman–Crippen LogP) is 1.60. The third-order valence-corrected chi connectivity index (χ3v) is 4.96. The van der Waals surface area contributed by atoms with Gasteiger partial charge in [-0.15, -0.1) is 0 Å². The summed E-state index contributed by atoms with van der Waals surface area (Å²) in [7, 11) is 1.75. The summed E-state index contributed by atoms with van der Waals surface area (Å²) in [6.07, 6.45) is 8.13. The molecular formula is C15H22N4O2. The zero-order valence-corrected chi connectivity index (χ0v) is 12.5. The van der Waals surface area contributed by atoms with Gasteiger partial charge in [-0.3, -0.25) is 19.2 Å². The Balaban J connectivity index is 1.75. The lowest BCUT2D eigenvalue weighted by atomic mass is 9.67. The number of anilines is 1. The lowest BCUT2D eigenvalue weighted by Gasteiger charge is -2.42. The number of amides is 2. The van der Waals surface area contributed by atoms with E-state index >= 15 is 0 Å². The highest BCUT2D eigenvalue weighted by Gasteiger charge is 2.44. The minimum Gasteiger partial charge on any atom is -0.384 e. The summed E-state index contributed by atoms with van der Waals surface area (Å²) in [5.74, 6) is 0.390. The van der Waals surface area contributed by atoms with E-state index in [9.17, 15) is 9.59 Å². The highest BCUT2D eigenvalue weighted by Crippen LogP contribution is 2.45. The number of carbonyl (C=O) groups excluding carboxylic acids is 2. The molecule has 0 aromatic carbocycles. The van der Waals surface area contributed by atoms with Crippen LogP contribution in [0.25, 0.3) is 0 Å². The predicted molar refractivity (Wildman–Crippen MR) is 77.9 cm³/mol. The topological polar surface area (TPSA) is 81.2 Å². The fourth-order valence-corrected chi connectivity index (χ4v) is 3.65. The summed E-state index contributed by atoms with van der Waals surface area (Å²) in [5, 5.41) is 4.06. The second-order valence-corrected chi connectivity index (χ2v) is 6.47. The van der Waals surface area contributed by atoms with Crippen LogP contribution in [0.5, 0.6) is 0 Å². The van der Waals surface area contributed by atoms with Crippen molar-refractivity contribution in [1.82, 2.24) is 14.7 Å². The van der Waals surface area contributed by atoms with Crippen molar-refractivity contribution in [2.45, 2.75) is 51.5 Å². The SMILES string of the molecule is Cn1ncc(CN2C(=O)CC3(CCCCC3)CC2=O)c1N. The number of carbonyl (C=O) groups is 2. The molecule has 1 aromatic rings. The smallest absolute Gasteiger partial charge is 0.230 e. The Hall–Kier alpha value is -1.85. The molecule has 1 aliphatic heterocycles. The van der Waals surface area contributed by atoms with Gasteiger partial charge in [0, 0.05) is 25.5 Å². The van der Waals surface area contributed by atoms with Gasteiger partial charge in [-0.1, -0.05) is 19.3 Å². The van der Waals surface area contributed by atoms with E-state index in [0.29, 0.717) is 18.7 Å². The molecule has 1 aromatic heterocycles. The monoisotopic (exact) mass is 290 g/mol. The Kier molecular flexibility index (Phi) is 3.47. The van der Waals surface area contributed by atoms with Gasteiger partial charge in [0.05, 0.1) is 12.7 Å². The van der Waals surface area contributed by atoms with Crippen molar-refractivity contribution in [3.63, 3.8) is 0 Å². The van der Waals surface area contributed by atoms with Crippen LogP contribution >= 0.6 is 0 Å². The van der Waals surface area contributed by atoms with Gasteiger partial charge < -0.3 is 5.73 Å². The number of likely N-dealkylation sites (tertiary alicyclic amines) is 1. The number of rotatable bonds is 2. The summed E-state index contributed by atoms with van der Waals surface area (Å²) in [6.45, 7) is 0.243. The standard InChI is InChI=1S/C15H22N4O2/c1-18-14(16)11(9-17-18)10-19-12(20)7-15(8-13(19)21)5-3-2-4-6-15/h9H,2-8,10,16H2,1H3. The first-order chi connectivity index (χ1) is 10.0. The van der Waals surface area contributed by atoms with Gasteiger partial charge in [0.2, 0.25) is 11.8 Å². The maximum absolute atomic E-state index is 12.4. The Morgan fingerprint density at radius 2 is 1.81 bits per heavy atom. The normalized spacial score (nSPS) is 22.0. The molecule has 6 nitrogen and oxygen atoms in total. The number of aromatic nitrogens is 2. The zero-order chi connectivity index (χ0) is 15.0. The molecule has 1 aliphatic carbocycles. The number of nitrogens with two attached hydrogens (primary N) is 1. The summed E-state index contributed by atoms with van der Waals surface area (Å²) in [4.78, 5) is 26.2. The van der Waals surface area contributed by atoms with Crippen molar-refractivity contribution < 1.29 is 9.59 Å². The number of nitrogen functional groups attached to an aromatic ring is 1. The summed E-state index contributed by atoms with van der Waals surface area (Å²) >= 11 is 0. The van der Waals surface area contributed by atoms with E-state index in [0.717, 1.165) is 31.2 Å². The molecule has 0 bridgehead atoms. The Morgan fingerprint density at radius 3 is 2.33 bits per heavy atom. The van der Waals surface area contributed by atoms with Crippen LogP contribution in [0.3, 0.4) is 0 Å². The highest BCUT2D eigenvalue weighted by atomic mass is 16.2. The van der Waals surface area contributed by atoms with Crippen LogP contribution < -0.4 is 5.73 Å². The Labute approximate surface area is 124 Å². The van der Waals surface area contributed by atoms with E-state index in [1.165, 1.54) is 11.3 Å². The fourth-order valence-electron chi connectivity index (χ4n) is 3.65. The summed E-state index contributed by atoms with van der Waals surface area (Å²) in [5.41, 5.74) is 6.57. The van der Waals surface area contributed by atoms with Crippen molar-refractivity contribution in [2.24, 2.45) is 12.5 Å². The van der Waals surface area contributed by atoms with Crippen molar-refractivity contribution in [1.29, 1.82) is 0 Å². The first-order valence-corrected chi connectivity index (χ1v) is 7.60. The molecule has 0 radical (unpaired) electrons. The lowest BCUT2D eigenvalue weighted by Crippen LogP contribution is -2.48. The molecule has 1 spiro atoms. The van der Waals surface area contributed by atoms with E-state index in [-0.39, 0.29) is 23.8 Å². The molecule has 1 saturated heterocycles. The highest BCUT2D eigenvalue weighted by molar-refractivity contribution is 5.98. The molecule has 2 fully saturated rings. The molecule has 114 valence electrons. The van der Waals surface area contributed by atoms with Crippen LogP contribution in [-0.4, -0.2) is 26.5 Å². The molecular weight excluding hydrogens is 268 g/mol. The summed E-state index contributed by atoms with van der Waals surface area (Å²) < 4.78 is 1.55. The number of piperidine rings is 1. The van der Waals surface area contributed by atoms with E-state index < -0.39 is 0 Å². The van der Waals surface area contributed by atoms with Gasteiger partial charge in [-0.05, 0) is 18.3 Å². The maximum atomic E-state index is 12.4. The van der Waals surface area contributed by atoms with Crippen LogP contribution in [0, 0.1) is 5.41 Å². The van der Waals surface area contributed by atoms with Crippen LogP contribution in [0.15, 0.2) is 6.20 Å². The third kappa shape index (κ3) is 2.54. The molecule has 6 heteroatoms. The second kappa shape index (κ2) is 5.16. The zero-order valence-electron chi connectivity index (χ0n) is 12.5. The van der Waals surface area contributed by atoms with Crippen molar-refractivity contribution in [3.05, 3.63) is 11.8 Å². The molecule has 0 unspecified atom stereocenters. The summed E-state index contributed by atoms with van der Waals surface area (Å²) in [6, 6.07) is 0. The molecule has 1 saturated carbocycles.